The second-order valence-corrected chi connectivity index (χ2v) is 6.79. The molecule has 0 spiro atoms. The molecule has 3 rings (SSSR count). The predicted octanol–water partition coefficient (Wildman–Crippen LogP) is 5.15. The van der Waals surface area contributed by atoms with Gasteiger partial charge < -0.3 is 0 Å². The van der Waals surface area contributed by atoms with E-state index in [1.807, 2.05) is 24.4 Å². The summed E-state index contributed by atoms with van der Waals surface area (Å²) >= 11 is 2.92. The number of nitrogens with zero attached hydrogens (tertiary/aromatic N) is 3. The Morgan fingerprint density at radius 1 is 1.38 bits per heavy atom. The molecule has 118 valence electrons. The highest BCUT2D eigenvalue weighted by atomic mass is 32.1. The van der Waals surface area contributed by atoms with Crippen LogP contribution in [0.1, 0.15) is 15.4 Å². The molecule has 2 heterocycles. The van der Waals surface area contributed by atoms with Crippen molar-refractivity contribution in [2.24, 2.45) is 0 Å². The van der Waals surface area contributed by atoms with Crippen LogP contribution in [0.2, 0.25) is 0 Å². The lowest BCUT2D eigenvalue weighted by Gasteiger charge is -1.97. The van der Waals surface area contributed by atoms with Crippen molar-refractivity contribution < 1.29 is 4.92 Å². The van der Waals surface area contributed by atoms with Gasteiger partial charge in [-0.25, -0.2) is 4.98 Å². The Morgan fingerprint density at radius 2 is 2.21 bits per heavy atom. The molecule has 0 saturated heterocycles. The van der Waals surface area contributed by atoms with Crippen molar-refractivity contribution in [3.63, 3.8) is 0 Å². The normalized spacial score (nSPS) is 11.2. The SMILES string of the molecule is Cc1ccsc1C=C(C#N)c1nc(-c2cccc([N+](=O)[O-])c2)cs1. The highest BCUT2D eigenvalue weighted by Crippen LogP contribution is 2.30. The van der Waals surface area contributed by atoms with Crippen molar-refractivity contribution >= 4 is 40.0 Å². The summed E-state index contributed by atoms with van der Waals surface area (Å²) in [6.07, 6.45) is 1.83. The van der Waals surface area contributed by atoms with E-state index in [1.54, 1.807) is 28.8 Å². The maximum Gasteiger partial charge on any atom is 0.270 e. The minimum atomic E-state index is -0.434. The minimum absolute atomic E-state index is 0.0207. The number of thiophene rings is 1. The van der Waals surface area contributed by atoms with Crippen molar-refractivity contribution in [2.45, 2.75) is 6.92 Å². The van der Waals surface area contributed by atoms with Crippen LogP contribution in [0.15, 0.2) is 41.1 Å². The number of allylic oxidation sites excluding steroid dienone is 1. The van der Waals surface area contributed by atoms with E-state index in [0.717, 1.165) is 10.4 Å². The zero-order valence-electron chi connectivity index (χ0n) is 12.6. The molecule has 0 aliphatic rings. The van der Waals surface area contributed by atoms with E-state index in [2.05, 4.69) is 11.1 Å². The fraction of sp³-hybridized carbons (Fsp3) is 0.0588. The quantitative estimate of drug-likeness (QED) is 0.369. The molecule has 0 fully saturated rings. The first-order valence-corrected chi connectivity index (χ1v) is 8.71. The van der Waals surface area contributed by atoms with Gasteiger partial charge >= 0.3 is 0 Å². The highest BCUT2D eigenvalue weighted by Gasteiger charge is 2.12. The average Bonchev–Trinajstić information content (AvgIpc) is 3.22. The summed E-state index contributed by atoms with van der Waals surface area (Å²) in [6.45, 7) is 1.99. The zero-order chi connectivity index (χ0) is 17.1. The van der Waals surface area contributed by atoms with Crippen LogP contribution in [0.25, 0.3) is 22.9 Å². The van der Waals surface area contributed by atoms with Gasteiger partial charge in [-0.2, -0.15) is 5.26 Å². The molecule has 0 N–H and O–H groups in total. The van der Waals surface area contributed by atoms with Gasteiger partial charge in [-0.15, -0.1) is 22.7 Å². The Labute approximate surface area is 146 Å². The fourth-order valence-corrected chi connectivity index (χ4v) is 3.77. The van der Waals surface area contributed by atoms with Gasteiger partial charge in [-0.05, 0) is 30.0 Å². The number of rotatable bonds is 4. The second kappa shape index (κ2) is 6.74. The van der Waals surface area contributed by atoms with Crippen LogP contribution in [-0.4, -0.2) is 9.91 Å². The molecule has 0 saturated carbocycles. The van der Waals surface area contributed by atoms with Crippen molar-refractivity contribution in [3.05, 3.63) is 66.7 Å². The summed E-state index contributed by atoms with van der Waals surface area (Å²) in [4.78, 5) is 16.0. The number of aromatic nitrogens is 1. The highest BCUT2D eigenvalue weighted by molar-refractivity contribution is 7.12. The van der Waals surface area contributed by atoms with Crippen molar-refractivity contribution in [2.75, 3.05) is 0 Å². The largest absolute Gasteiger partial charge is 0.270 e. The van der Waals surface area contributed by atoms with Gasteiger partial charge in [0.1, 0.15) is 11.1 Å². The Morgan fingerprint density at radius 3 is 2.88 bits per heavy atom. The van der Waals surface area contributed by atoms with Crippen LogP contribution in [0.3, 0.4) is 0 Å². The molecule has 0 atom stereocenters. The standard InChI is InChI=1S/C17H11N3O2S2/c1-11-5-6-23-16(11)8-13(9-18)17-19-15(10-24-17)12-3-2-4-14(7-12)20(21)22/h2-8,10H,1H3. The molecular formula is C17H11N3O2S2. The van der Waals surface area contributed by atoms with Gasteiger partial charge in [-0.1, -0.05) is 12.1 Å². The number of nitriles is 1. The first-order valence-electron chi connectivity index (χ1n) is 6.95. The van der Waals surface area contributed by atoms with Crippen molar-refractivity contribution in [3.8, 4) is 17.3 Å². The Balaban J connectivity index is 1.97. The molecule has 7 heteroatoms. The molecule has 2 aromatic heterocycles. The molecular weight excluding hydrogens is 342 g/mol. The van der Waals surface area contributed by atoms with E-state index in [0.29, 0.717) is 21.8 Å². The maximum absolute atomic E-state index is 10.9. The fourth-order valence-electron chi connectivity index (χ4n) is 2.11. The number of hydrogen-bond donors (Lipinski definition) is 0. The number of hydrogen-bond acceptors (Lipinski definition) is 6. The third kappa shape index (κ3) is 3.25. The molecule has 0 amide bonds. The Hall–Kier alpha value is -2.82. The number of nitro groups is 1. The third-order valence-corrected chi connectivity index (χ3v) is 5.23. The molecule has 0 bridgehead atoms. The number of aryl methyl sites for hydroxylation is 1. The van der Waals surface area contributed by atoms with E-state index in [1.165, 1.54) is 23.5 Å². The van der Waals surface area contributed by atoms with Crippen molar-refractivity contribution in [1.29, 1.82) is 5.26 Å². The maximum atomic E-state index is 10.9. The summed E-state index contributed by atoms with van der Waals surface area (Å²) in [5, 5.41) is 24.7. The molecule has 5 nitrogen and oxygen atoms in total. The van der Waals surface area contributed by atoms with Crippen LogP contribution < -0.4 is 0 Å². The summed E-state index contributed by atoms with van der Waals surface area (Å²) in [6, 6.07) is 10.5. The molecule has 0 radical (unpaired) electrons. The smallest absolute Gasteiger partial charge is 0.258 e. The van der Waals surface area contributed by atoms with Crippen LogP contribution in [-0.2, 0) is 0 Å². The van der Waals surface area contributed by atoms with Crippen LogP contribution in [0.5, 0.6) is 0 Å². The van der Waals surface area contributed by atoms with Crippen LogP contribution in [0.4, 0.5) is 5.69 Å². The molecule has 0 unspecified atom stereocenters. The minimum Gasteiger partial charge on any atom is -0.258 e. The van der Waals surface area contributed by atoms with Crippen LogP contribution in [0, 0.1) is 28.4 Å². The van der Waals surface area contributed by atoms with Gasteiger partial charge in [0.25, 0.3) is 5.69 Å². The summed E-state index contributed by atoms with van der Waals surface area (Å²) in [5.74, 6) is 0. The number of thiazole rings is 1. The van der Waals surface area contributed by atoms with Crippen molar-refractivity contribution in [1.82, 2.24) is 4.98 Å². The first-order chi connectivity index (χ1) is 11.6. The van der Waals surface area contributed by atoms with Gasteiger partial charge in [0.15, 0.2) is 0 Å². The molecule has 3 aromatic rings. The summed E-state index contributed by atoms with van der Waals surface area (Å²) < 4.78 is 0. The van der Waals surface area contributed by atoms with E-state index >= 15 is 0 Å². The van der Waals surface area contributed by atoms with Gasteiger partial charge in [0.2, 0.25) is 0 Å². The lowest BCUT2D eigenvalue weighted by Crippen LogP contribution is -1.88. The monoisotopic (exact) mass is 353 g/mol. The average molecular weight is 353 g/mol. The second-order valence-electron chi connectivity index (χ2n) is 4.98. The van der Waals surface area contributed by atoms with Crippen LogP contribution >= 0.6 is 22.7 Å². The zero-order valence-corrected chi connectivity index (χ0v) is 14.2. The first kappa shape index (κ1) is 16.1. The number of non-ortho nitro benzene ring substituents is 1. The molecule has 1 aromatic carbocycles. The number of nitro benzene ring substituents is 1. The van der Waals surface area contributed by atoms with E-state index in [4.69, 9.17) is 0 Å². The molecule has 24 heavy (non-hydrogen) atoms. The van der Waals surface area contributed by atoms with Gasteiger partial charge in [0.05, 0.1) is 16.2 Å². The molecule has 0 aliphatic carbocycles. The van der Waals surface area contributed by atoms with Gasteiger partial charge in [-0.3, -0.25) is 10.1 Å². The van der Waals surface area contributed by atoms with Gasteiger partial charge in [0, 0.05) is 28.0 Å². The number of benzene rings is 1. The summed E-state index contributed by atoms with van der Waals surface area (Å²) in [5.41, 5.74) is 2.91. The third-order valence-electron chi connectivity index (χ3n) is 3.38. The Bertz CT molecular complexity index is 980. The topological polar surface area (TPSA) is 79.8 Å². The lowest BCUT2D eigenvalue weighted by atomic mass is 10.1. The predicted molar refractivity (Wildman–Crippen MR) is 96.7 cm³/mol. The summed E-state index contributed by atoms with van der Waals surface area (Å²) in [7, 11) is 0. The van der Waals surface area contributed by atoms with E-state index < -0.39 is 4.92 Å². The van der Waals surface area contributed by atoms with E-state index in [-0.39, 0.29) is 5.69 Å². The lowest BCUT2D eigenvalue weighted by molar-refractivity contribution is -0.384. The Kier molecular flexibility index (Phi) is 4.51. The molecule has 0 aliphatic heterocycles. The van der Waals surface area contributed by atoms with E-state index in [9.17, 15) is 15.4 Å².